The summed E-state index contributed by atoms with van der Waals surface area (Å²) >= 11 is 1.88. The van der Waals surface area contributed by atoms with Crippen LogP contribution in [-0.2, 0) is 16.2 Å². The molecule has 0 radical (unpaired) electrons. The zero-order valence-corrected chi connectivity index (χ0v) is 50.8. The number of benzene rings is 10. The summed E-state index contributed by atoms with van der Waals surface area (Å²) in [5, 5.41) is 3.75. The molecule has 0 bridgehead atoms. The Morgan fingerprint density at radius 1 is 0.410 bits per heavy atom. The first kappa shape index (κ1) is 52.5. The number of hydrogen-bond donors (Lipinski definition) is 0. The van der Waals surface area contributed by atoms with Crippen molar-refractivity contribution in [2.24, 2.45) is 0 Å². The van der Waals surface area contributed by atoms with Crippen molar-refractivity contribution in [2.75, 3.05) is 14.7 Å². The number of aryl methyl sites for hydroxylation is 3. The van der Waals surface area contributed by atoms with Crippen LogP contribution >= 0.6 is 11.3 Å². The van der Waals surface area contributed by atoms with Gasteiger partial charge in [-0.05, 0) is 207 Å². The van der Waals surface area contributed by atoms with Gasteiger partial charge in [0, 0.05) is 71.5 Å². The lowest BCUT2D eigenvalue weighted by Crippen LogP contribution is -2.61. The molecule has 0 saturated carbocycles. The summed E-state index contributed by atoms with van der Waals surface area (Å²) in [6.07, 6.45) is 0. The fraction of sp³-hybridized carbons (Fsp3) is 0.195. The highest BCUT2D eigenvalue weighted by Gasteiger charge is 2.45. The first-order valence-electron chi connectivity index (χ1n) is 29.5. The predicted molar refractivity (Wildman–Crippen MR) is 361 cm³/mol. The lowest BCUT2D eigenvalue weighted by molar-refractivity contribution is 0.590. The minimum absolute atomic E-state index is 0.00673. The molecular formula is C77H71BN4S. The van der Waals surface area contributed by atoms with Crippen LogP contribution < -0.4 is 31.1 Å². The first-order chi connectivity index (χ1) is 39.8. The van der Waals surface area contributed by atoms with Gasteiger partial charge in [-0.25, -0.2) is 0 Å². The smallest absolute Gasteiger partial charge is 0.252 e. The van der Waals surface area contributed by atoms with E-state index >= 15 is 0 Å². The fourth-order valence-electron chi connectivity index (χ4n) is 13.4. The number of fused-ring (bicyclic) bond motifs is 8. The largest absolute Gasteiger partial charge is 0.311 e. The highest BCUT2D eigenvalue weighted by molar-refractivity contribution is 7.22. The molecular weight excluding hydrogens is 1020 g/mol. The van der Waals surface area contributed by atoms with E-state index in [4.69, 9.17) is 0 Å². The molecule has 10 aromatic carbocycles. The molecule has 12 aromatic rings. The van der Waals surface area contributed by atoms with E-state index in [2.05, 4.69) is 315 Å². The fourth-order valence-corrected chi connectivity index (χ4v) is 14.5. The number of para-hydroxylation sites is 2. The quantitative estimate of drug-likeness (QED) is 0.148. The number of rotatable bonds is 7. The molecule has 0 unspecified atom stereocenters. The van der Waals surface area contributed by atoms with Crippen molar-refractivity contribution in [1.82, 2.24) is 4.57 Å². The van der Waals surface area contributed by atoms with Crippen LogP contribution in [0.5, 0.6) is 0 Å². The highest BCUT2D eigenvalue weighted by atomic mass is 32.1. The Morgan fingerprint density at radius 2 is 0.952 bits per heavy atom. The zero-order chi connectivity index (χ0) is 57.4. The van der Waals surface area contributed by atoms with Crippen molar-refractivity contribution < 1.29 is 0 Å². The maximum Gasteiger partial charge on any atom is 0.252 e. The molecule has 14 rings (SSSR count). The summed E-state index contributed by atoms with van der Waals surface area (Å²) in [6.45, 7) is 27.7. The standard InChI is InChI=1S/C77H71BN4S/c1-48-40-69-73-70(41-48)82(74-49(2)42-52(43-50(74)3)72-44-51-20-16-19-25-71(51)83-72)68-47-60(36-39-64(68)78(73)63-38-30-55(77(10,11)12)45-67(63)81(69)58-33-28-54(29-34-58)76(7,8)9)79(57-31-26-53(27-32-57)75(4,5)6)59-35-37-62-61-23-17-18-24-65(61)80(66(62)46-59)56-21-14-13-15-22-56/h13-47H,1-12H3. The molecule has 0 saturated heterocycles. The Labute approximate surface area is 495 Å². The van der Waals surface area contributed by atoms with Gasteiger partial charge < -0.3 is 19.3 Å². The molecule has 0 atom stereocenters. The van der Waals surface area contributed by atoms with Gasteiger partial charge >= 0.3 is 0 Å². The van der Waals surface area contributed by atoms with Gasteiger partial charge in [-0.2, -0.15) is 0 Å². The van der Waals surface area contributed by atoms with Crippen molar-refractivity contribution in [3.05, 3.63) is 246 Å². The molecule has 2 aromatic heterocycles. The maximum atomic E-state index is 2.65. The number of nitrogens with zero attached hydrogens (tertiary/aromatic N) is 4. The van der Waals surface area contributed by atoms with Crippen molar-refractivity contribution >= 4 is 118 Å². The van der Waals surface area contributed by atoms with Crippen molar-refractivity contribution in [3.8, 4) is 16.1 Å². The lowest BCUT2D eigenvalue weighted by atomic mass is 9.33. The third-order valence-corrected chi connectivity index (χ3v) is 18.8. The Balaban J connectivity index is 1.04. The minimum atomic E-state index is -0.0604. The molecule has 0 fully saturated rings. The second-order valence-electron chi connectivity index (χ2n) is 26.5. The molecule has 0 spiro atoms. The van der Waals surface area contributed by atoms with Crippen molar-refractivity contribution in [1.29, 1.82) is 0 Å². The Kier molecular flexibility index (Phi) is 12.2. The monoisotopic (exact) mass is 1090 g/mol. The van der Waals surface area contributed by atoms with Crippen LogP contribution in [0, 0.1) is 20.8 Å². The van der Waals surface area contributed by atoms with Crippen LogP contribution in [-0.4, -0.2) is 11.3 Å². The third kappa shape index (κ3) is 8.79. The molecule has 4 heterocycles. The second kappa shape index (κ2) is 19.3. The van der Waals surface area contributed by atoms with Gasteiger partial charge in [0.05, 0.1) is 16.7 Å². The summed E-state index contributed by atoms with van der Waals surface area (Å²) in [4.78, 5) is 9.00. The van der Waals surface area contributed by atoms with Gasteiger partial charge in [-0.15, -0.1) is 11.3 Å². The number of anilines is 9. The highest BCUT2D eigenvalue weighted by Crippen LogP contribution is 2.50. The molecule has 0 aliphatic carbocycles. The van der Waals surface area contributed by atoms with Gasteiger partial charge in [0.1, 0.15) is 0 Å². The summed E-state index contributed by atoms with van der Waals surface area (Å²) in [6, 6.07) is 81.1. The van der Waals surface area contributed by atoms with Crippen LogP contribution in [0.2, 0.25) is 0 Å². The molecule has 2 aliphatic heterocycles. The molecule has 2 aliphatic rings. The summed E-state index contributed by atoms with van der Waals surface area (Å²) < 4.78 is 3.74. The second-order valence-corrected chi connectivity index (χ2v) is 27.6. The van der Waals surface area contributed by atoms with E-state index < -0.39 is 0 Å². The van der Waals surface area contributed by atoms with Gasteiger partial charge in [0.25, 0.3) is 6.71 Å². The van der Waals surface area contributed by atoms with E-state index in [1.165, 1.54) is 126 Å². The zero-order valence-electron chi connectivity index (χ0n) is 50.0. The van der Waals surface area contributed by atoms with E-state index in [0.29, 0.717) is 0 Å². The van der Waals surface area contributed by atoms with Crippen molar-refractivity contribution in [2.45, 2.75) is 99.3 Å². The van der Waals surface area contributed by atoms with E-state index in [1.54, 1.807) is 0 Å². The Bertz CT molecular complexity index is 4490. The number of hydrogen-bond acceptors (Lipinski definition) is 4. The third-order valence-electron chi connectivity index (χ3n) is 17.7. The van der Waals surface area contributed by atoms with Gasteiger partial charge in [0.15, 0.2) is 0 Å². The Morgan fingerprint density at radius 3 is 1.63 bits per heavy atom. The molecule has 0 amide bonds. The summed E-state index contributed by atoms with van der Waals surface area (Å²) in [7, 11) is 0. The average molecular weight is 1100 g/mol. The number of aromatic nitrogens is 1. The Hall–Kier alpha value is -8.58. The van der Waals surface area contributed by atoms with E-state index in [9.17, 15) is 0 Å². The molecule has 6 heteroatoms. The topological polar surface area (TPSA) is 14.7 Å². The normalized spacial score (nSPS) is 13.2. The van der Waals surface area contributed by atoms with E-state index in [0.717, 1.165) is 22.7 Å². The molecule has 4 nitrogen and oxygen atoms in total. The van der Waals surface area contributed by atoms with Crippen LogP contribution in [0.25, 0.3) is 48.0 Å². The first-order valence-corrected chi connectivity index (χ1v) is 30.3. The van der Waals surface area contributed by atoms with Gasteiger partial charge in [-0.3, -0.25) is 0 Å². The van der Waals surface area contributed by atoms with Crippen molar-refractivity contribution in [3.63, 3.8) is 0 Å². The van der Waals surface area contributed by atoms with Crippen LogP contribution in [0.1, 0.15) is 95.7 Å². The van der Waals surface area contributed by atoms with E-state index in [-0.39, 0.29) is 23.0 Å². The lowest BCUT2D eigenvalue weighted by Gasteiger charge is -2.45. The molecule has 0 N–H and O–H groups in total. The predicted octanol–water partition coefficient (Wildman–Crippen LogP) is 20.0. The molecule has 408 valence electrons. The number of thiophene rings is 1. The SMILES string of the molecule is Cc1cc2c3c(c1)N(c1c(C)cc(-c4cc5ccccc5s4)cc1C)c1cc(N(c4ccc(C(C)(C)C)cc4)c4ccc5c6ccccc6n(-c6ccccc6)c5c4)ccc1B3c1ccc(C(C)(C)C)cc1N2c1ccc(C(C)(C)C)cc1. The van der Waals surface area contributed by atoms with E-state index in [1.807, 2.05) is 11.3 Å². The minimum Gasteiger partial charge on any atom is -0.311 e. The molecule has 83 heavy (non-hydrogen) atoms. The maximum absolute atomic E-state index is 2.65. The summed E-state index contributed by atoms with van der Waals surface area (Å²) in [5.74, 6) is 0. The van der Waals surface area contributed by atoms with Crippen LogP contribution in [0.15, 0.2) is 212 Å². The summed E-state index contributed by atoms with van der Waals surface area (Å²) in [5.41, 5.74) is 26.8. The van der Waals surface area contributed by atoms with Gasteiger partial charge in [0.2, 0.25) is 0 Å². The van der Waals surface area contributed by atoms with Crippen LogP contribution in [0.4, 0.5) is 51.2 Å². The van der Waals surface area contributed by atoms with Crippen LogP contribution in [0.3, 0.4) is 0 Å². The van der Waals surface area contributed by atoms with Gasteiger partial charge in [-0.1, -0.05) is 165 Å². The average Bonchev–Trinajstić information content (AvgIpc) is 3.71.